The van der Waals surface area contributed by atoms with E-state index in [1.54, 1.807) is 23.5 Å². The summed E-state index contributed by atoms with van der Waals surface area (Å²) in [5, 5.41) is 0.655. The molecule has 2 aliphatic rings. The fourth-order valence-corrected chi connectivity index (χ4v) is 6.40. The molecule has 1 saturated heterocycles. The zero-order valence-corrected chi connectivity index (χ0v) is 19.2. The van der Waals surface area contributed by atoms with Gasteiger partial charge in [0.25, 0.3) is 0 Å². The third-order valence-corrected chi connectivity index (χ3v) is 8.41. The average Bonchev–Trinajstić information content (AvgIpc) is 3.32. The van der Waals surface area contributed by atoms with E-state index >= 15 is 0 Å². The molecule has 1 fully saturated rings. The largest absolute Gasteiger partial charge is 0.480 e. The number of hydrogen-bond acceptors (Lipinski definition) is 6. The van der Waals surface area contributed by atoms with Gasteiger partial charge >= 0.3 is 7.60 Å². The van der Waals surface area contributed by atoms with E-state index in [2.05, 4.69) is 18.8 Å². The summed E-state index contributed by atoms with van der Waals surface area (Å²) in [7, 11) is -3.41. The highest BCUT2D eigenvalue weighted by Crippen LogP contribution is 2.56. The number of ether oxygens (including phenoxy) is 1. The van der Waals surface area contributed by atoms with Crippen molar-refractivity contribution in [3.8, 4) is 17.0 Å². The second-order valence-electron chi connectivity index (χ2n) is 7.62. The lowest BCUT2D eigenvalue weighted by Gasteiger charge is -2.30. The van der Waals surface area contributed by atoms with Crippen LogP contribution in [0.25, 0.3) is 11.3 Å². The van der Waals surface area contributed by atoms with Crippen LogP contribution in [0, 0.1) is 13.8 Å². The van der Waals surface area contributed by atoms with E-state index in [1.165, 1.54) is 16.0 Å². The topological polar surface area (TPSA) is 57.7 Å². The van der Waals surface area contributed by atoms with Crippen molar-refractivity contribution < 1.29 is 18.3 Å². The van der Waals surface area contributed by atoms with Crippen molar-refractivity contribution in [3.63, 3.8) is 0 Å². The summed E-state index contributed by atoms with van der Waals surface area (Å²) in [6.45, 7) is 4.55. The number of thiazole rings is 1. The number of rotatable bonds is 4. The first-order valence-electron chi connectivity index (χ1n) is 9.79. The molecule has 2 aromatic carbocycles. The molecular formula is C22H21ClNO4PS. The zero-order valence-electron chi connectivity index (χ0n) is 16.7. The van der Waals surface area contributed by atoms with Gasteiger partial charge in [-0.3, -0.25) is 9.09 Å². The number of fused-ring (bicyclic) bond motifs is 3. The maximum atomic E-state index is 13.3. The minimum Gasteiger partial charge on any atom is -0.480 e. The maximum absolute atomic E-state index is 13.3. The molecule has 3 aromatic rings. The number of halogens is 1. The minimum absolute atomic E-state index is 0.133. The second-order valence-corrected chi connectivity index (χ2v) is 10.9. The molecule has 0 radical (unpaired) electrons. The summed E-state index contributed by atoms with van der Waals surface area (Å²) in [6, 6.07) is 9.39. The standard InChI is InChI=1S/C22H21ClNO4PS/c1-13-9-19(21-17(14(13)2)10-20-22(21)24-11-30-20)26-12-29(25)27-8-7-18(28-29)15-3-5-16(23)6-4-15/h3-6,9,11,18H,7-8,10,12H2,1-2H3/t18-,29+/m0/s1. The van der Waals surface area contributed by atoms with Crippen LogP contribution < -0.4 is 4.74 Å². The molecule has 2 heterocycles. The van der Waals surface area contributed by atoms with Crippen LogP contribution in [0.3, 0.4) is 0 Å². The first-order valence-corrected chi connectivity index (χ1v) is 12.8. The normalized spacial score (nSPS) is 22.6. The highest BCUT2D eigenvalue weighted by molar-refractivity contribution is 7.53. The number of benzene rings is 2. The maximum Gasteiger partial charge on any atom is 0.368 e. The highest BCUT2D eigenvalue weighted by atomic mass is 35.5. The predicted molar refractivity (Wildman–Crippen MR) is 119 cm³/mol. The molecule has 30 heavy (non-hydrogen) atoms. The molecule has 2 atom stereocenters. The Balaban J connectivity index is 1.39. The fourth-order valence-electron chi connectivity index (χ4n) is 4.00. The van der Waals surface area contributed by atoms with Gasteiger partial charge in [-0.2, -0.15) is 0 Å². The molecule has 0 N–H and O–H groups in total. The lowest BCUT2D eigenvalue weighted by molar-refractivity contribution is 0.0726. The van der Waals surface area contributed by atoms with Gasteiger partial charge < -0.3 is 9.26 Å². The average molecular weight is 462 g/mol. The molecule has 0 saturated carbocycles. The Bertz CT molecular complexity index is 1160. The lowest BCUT2D eigenvalue weighted by atomic mass is 9.98. The Kier molecular flexibility index (Phi) is 5.24. The van der Waals surface area contributed by atoms with Gasteiger partial charge in [0.1, 0.15) is 5.75 Å². The van der Waals surface area contributed by atoms with Crippen LogP contribution in [-0.4, -0.2) is 17.9 Å². The number of hydrogen-bond donors (Lipinski definition) is 0. The van der Waals surface area contributed by atoms with Gasteiger partial charge in [0, 0.05) is 28.3 Å². The van der Waals surface area contributed by atoms with E-state index in [9.17, 15) is 4.57 Å². The van der Waals surface area contributed by atoms with Crippen molar-refractivity contribution in [2.45, 2.75) is 32.8 Å². The molecule has 1 aromatic heterocycles. The van der Waals surface area contributed by atoms with E-state index in [0.717, 1.165) is 28.8 Å². The summed E-state index contributed by atoms with van der Waals surface area (Å²) >= 11 is 7.63. The molecule has 1 aliphatic heterocycles. The Hall–Kier alpha value is -1.69. The van der Waals surface area contributed by atoms with E-state index in [4.69, 9.17) is 25.4 Å². The number of nitrogens with zero attached hydrogens (tertiary/aromatic N) is 1. The van der Waals surface area contributed by atoms with Crippen molar-refractivity contribution >= 4 is 30.5 Å². The third-order valence-electron chi connectivity index (χ3n) is 5.73. The second kappa shape index (κ2) is 7.77. The van der Waals surface area contributed by atoms with Crippen LogP contribution in [0.2, 0.25) is 5.02 Å². The van der Waals surface area contributed by atoms with Gasteiger partial charge in [-0.1, -0.05) is 23.7 Å². The lowest BCUT2D eigenvalue weighted by Crippen LogP contribution is -2.17. The van der Waals surface area contributed by atoms with Crippen LogP contribution in [0.5, 0.6) is 5.75 Å². The monoisotopic (exact) mass is 461 g/mol. The Morgan fingerprint density at radius 2 is 2.10 bits per heavy atom. The van der Waals surface area contributed by atoms with E-state index in [0.29, 0.717) is 23.8 Å². The van der Waals surface area contributed by atoms with E-state index in [-0.39, 0.29) is 12.5 Å². The summed E-state index contributed by atoms with van der Waals surface area (Å²) < 4.78 is 30.8. The molecule has 8 heteroatoms. The molecule has 0 unspecified atom stereocenters. The van der Waals surface area contributed by atoms with E-state index in [1.807, 2.05) is 23.7 Å². The van der Waals surface area contributed by atoms with Gasteiger partial charge in [-0.25, -0.2) is 4.98 Å². The van der Waals surface area contributed by atoms with Crippen molar-refractivity contribution in [2.75, 3.05) is 13.0 Å². The Morgan fingerprint density at radius 3 is 2.90 bits per heavy atom. The van der Waals surface area contributed by atoms with Crippen LogP contribution in [0.15, 0.2) is 35.8 Å². The first kappa shape index (κ1) is 20.2. The van der Waals surface area contributed by atoms with Gasteiger partial charge in [-0.15, -0.1) is 11.3 Å². The van der Waals surface area contributed by atoms with Crippen LogP contribution in [0.1, 0.15) is 39.7 Å². The molecule has 0 spiro atoms. The summed E-state index contributed by atoms with van der Waals surface area (Å²) in [5.74, 6) is 0.689. The summed E-state index contributed by atoms with van der Waals surface area (Å²) in [4.78, 5) is 5.78. The van der Waals surface area contributed by atoms with Gasteiger partial charge in [-0.05, 0) is 54.3 Å². The SMILES string of the molecule is Cc1cc(OC[P@@]2(=O)OCC[C@@H](c3ccc(Cl)cc3)O2)c2c(c1C)Cc1scnc1-2. The van der Waals surface area contributed by atoms with Crippen LogP contribution in [-0.2, 0) is 20.0 Å². The molecular weight excluding hydrogens is 441 g/mol. The van der Waals surface area contributed by atoms with Crippen LogP contribution in [0.4, 0.5) is 0 Å². The molecule has 5 nitrogen and oxygen atoms in total. The Labute approximate surface area is 184 Å². The van der Waals surface area contributed by atoms with Crippen LogP contribution >= 0.6 is 30.5 Å². The fraction of sp³-hybridized carbons (Fsp3) is 0.318. The van der Waals surface area contributed by atoms with Crippen molar-refractivity contribution in [2.24, 2.45) is 0 Å². The summed E-state index contributed by atoms with van der Waals surface area (Å²) in [6.07, 6.45) is 1.06. The highest BCUT2D eigenvalue weighted by Gasteiger charge is 2.36. The molecule has 5 rings (SSSR count). The Morgan fingerprint density at radius 1 is 1.30 bits per heavy atom. The smallest absolute Gasteiger partial charge is 0.368 e. The molecule has 1 aliphatic carbocycles. The third kappa shape index (κ3) is 3.61. The molecule has 0 amide bonds. The van der Waals surface area contributed by atoms with E-state index < -0.39 is 7.60 Å². The predicted octanol–water partition coefficient (Wildman–Crippen LogP) is 6.69. The summed E-state index contributed by atoms with van der Waals surface area (Å²) in [5.41, 5.74) is 8.40. The van der Waals surface area contributed by atoms with Gasteiger partial charge in [0.05, 0.1) is 23.9 Å². The zero-order chi connectivity index (χ0) is 20.9. The van der Waals surface area contributed by atoms with Crippen molar-refractivity contribution in [3.05, 3.63) is 68.0 Å². The van der Waals surface area contributed by atoms with Crippen molar-refractivity contribution in [1.29, 1.82) is 0 Å². The quantitative estimate of drug-likeness (QED) is 0.317. The minimum atomic E-state index is -3.41. The number of aromatic nitrogens is 1. The molecule has 0 bridgehead atoms. The first-order chi connectivity index (χ1) is 14.4. The van der Waals surface area contributed by atoms with Gasteiger partial charge in [0.15, 0.2) is 6.35 Å². The number of aryl methyl sites for hydroxylation is 1. The van der Waals surface area contributed by atoms with Crippen molar-refractivity contribution in [1.82, 2.24) is 4.98 Å². The molecule has 156 valence electrons. The van der Waals surface area contributed by atoms with Gasteiger partial charge in [0.2, 0.25) is 0 Å².